The number of nitrogens with zero attached hydrogens (tertiary/aromatic N) is 2. The minimum absolute atomic E-state index is 0.255. The molecule has 2 aromatic rings. The number of hydrogen-bond acceptors (Lipinski definition) is 2. The fraction of sp³-hybridized carbons (Fsp3) is 0.471. The van der Waals surface area contributed by atoms with E-state index in [0.29, 0.717) is 6.04 Å². The third kappa shape index (κ3) is 2.38. The van der Waals surface area contributed by atoms with E-state index < -0.39 is 0 Å². The van der Waals surface area contributed by atoms with E-state index >= 15 is 0 Å². The van der Waals surface area contributed by atoms with E-state index in [1.807, 2.05) is 6.20 Å². The Bertz CT molecular complexity index is 559. The third-order valence-electron chi connectivity index (χ3n) is 4.37. The Morgan fingerprint density at radius 2 is 1.95 bits per heavy atom. The van der Waals surface area contributed by atoms with Crippen molar-refractivity contribution in [1.82, 2.24) is 9.55 Å². The molecule has 0 saturated heterocycles. The van der Waals surface area contributed by atoms with Crippen LogP contribution in [0.25, 0.3) is 11.3 Å². The molecule has 1 fully saturated rings. The van der Waals surface area contributed by atoms with Crippen molar-refractivity contribution in [2.75, 3.05) is 0 Å². The van der Waals surface area contributed by atoms with Crippen LogP contribution in [0.1, 0.15) is 44.5 Å². The van der Waals surface area contributed by atoms with Crippen LogP contribution in [0, 0.1) is 0 Å². The zero-order valence-corrected chi connectivity index (χ0v) is 12.1. The molecule has 1 aliphatic rings. The van der Waals surface area contributed by atoms with Gasteiger partial charge in [-0.2, -0.15) is 0 Å². The van der Waals surface area contributed by atoms with Gasteiger partial charge < -0.3 is 10.3 Å². The van der Waals surface area contributed by atoms with Crippen LogP contribution in [0.5, 0.6) is 0 Å². The maximum atomic E-state index is 6.39. The first-order valence-electron chi connectivity index (χ1n) is 7.68. The van der Waals surface area contributed by atoms with Gasteiger partial charge in [-0.3, -0.25) is 0 Å². The van der Waals surface area contributed by atoms with E-state index in [4.69, 9.17) is 5.73 Å². The van der Waals surface area contributed by atoms with Gasteiger partial charge in [0.25, 0.3) is 0 Å². The highest BCUT2D eigenvalue weighted by Gasteiger charge is 2.27. The second-order valence-electron chi connectivity index (χ2n) is 5.66. The van der Waals surface area contributed by atoms with Crippen LogP contribution in [-0.4, -0.2) is 15.6 Å². The first-order valence-corrected chi connectivity index (χ1v) is 7.68. The molecule has 0 bridgehead atoms. The zero-order chi connectivity index (χ0) is 13.9. The number of benzene rings is 1. The van der Waals surface area contributed by atoms with Gasteiger partial charge in [0.2, 0.25) is 0 Å². The van der Waals surface area contributed by atoms with Gasteiger partial charge in [0.15, 0.2) is 0 Å². The summed E-state index contributed by atoms with van der Waals surface area (Å²) in [5.74, 6) is 1.16. The smallest absolute Gasteiger partial charge is 0.109 e. The molecule has 106 valence electrons. The van der Waals surface area contributed by atoms with Gasteiger partial charge in [0.05, 0.1) is 17.9 Å². The Morgan fingerprint density at radius 3 is 2.65 bits per heavy atom. The van der Waals surface area contributed by atoms with Crippen molar-refractivity contribution in [2.24, 2.45) is 5.73 Å². The van der Waals surface area contributed by atoms with Crippen LogP contribution in [0.2, 0.25) is 0 Å². The van der Waals surface area contributed by atoms with Crippen molar-refractivity contribution in [3.05, 3.63) is 42.4 Å². The average Bonchev–Trinajstić information content (AvgIpc) is 2.92. The minimum Gasteiger partial charge on any atom is -0.326 e. The highest BCUT2D eigenvalue weighted by Crippen LogP contribution is 2.33. The van der Waals surface area contributed by atoms with Crippen molar-refractivity contribution in [2.45, 2.75) is 51.1 Å². The van der Waals surface area contributed by atoms with Gasteiger partial charge in [-0.05, 0) is 18.4 Å². The molecule has 2 N–H and O–H groups in total. The van der Waals surface area contributed by atoms with E-state index in [-0.39, 0.29) is 6.04 Å². The van der Waals surface area contributed by atoms with Crippen LogP contribution in [0.3, 0.4) is 0 Å². The molecular weight excluding hydrogens is 246 g/mol. The molecule has 0 radical (unpaired) electrons. The summed E-state index contributed by atoms with van der Waals surface area (Å²) in [6, 6.07) is 11.2. The van der Waals surface area contributed by atoms with Gasteiger partial charge in [-0.25, -0.2) is 4.98 Å². The summed E-state index contributed by atoms with van der Waals surface area (Å²) in [5.41, 5.74) is 8.84. The predicted molar refractivity (Wildman–Crippen MR) is 82.5 cm³/mol. The van der Waals surface area contributed by atoms with Crippen LogP contribution in [0.4, 0.5) is 0 Å². The largest absolute Gasteiger partial charge is 0.326 e. The van der Waals surface area contributed by atoms with Crippen LogP contribution < -0.4 is 5.73 Å². The van der Waals surface area contributed by atoms with Gasteiger partial charge in [0.1, 0.15) is 5.82 Å². The predicted octanol–water partition coefficient (Wildman–Crippen LogP) is 3.55. The fourth-order valence-electron chi connectivity index (χ4n) is 3.31. The van der Waals surface area contributed by atoms with Crippen molar-refractivity contribution < 1.29 is 0 Å². The normalized spacial score (nSPS) is 22.9. The second kappa shape index (κ2) is 5.80. The molecular formula is C17H23N3. The quantitative estimate of drug-likeness (QED) is 0.926. The number of imidazole rings is 1. The Hall–Kier alpha value is -1.61. The molecule has 20 heavy (non-hydrogen) atoms. The van der Waals surface area contributed by atoms with Gasteiger partial charge in [-0.1, -0.05) is 50.1 Å². The first-order chi connectivity index (χ1) is 9.81. The number of aryl methyl sites for hydroxylation is 1. The lowest BCUT2D eigenvalue weighted by molar-refractivity contribution is 0.302. The number of nitrogens with two attached hydrogens (primary N) is 1. The van der Waals surface area contributed by atoms with E-state index in [1.54, 1.807) is 0 Å². The lowest BCUT2D eigenvalue weighted by Gasteiger charge is -2.32. The zero-order valence-electron chi connectivity index (χ0n) is 12.1. The summed E-state index contributed by atoms with van der Waals surface area (Å²) in [5, 5.41) is 0. The van der Waals surface area contributed by atoms with E-state index in [9.17, 15) is 0 Å². The number of hydrogen-bond donors (Lipinski definition) is 1. The molecule has 0 aliphatic heterocycles. The van der Waals surface area contributed by atoms with Crippen LogP contribution in [0.15, 0.2) is 36.5 Å². The molecule has 3 rings (SSSR count). The number of rotatable bonds is 3. The van der Waals surface area contributed by atoms with Gasteiger partial charge in [-0.15, -0.1) is 0 Å². The summed E-state index contributed by atoms with van der Waals surface area (Å²) < 4.78 is 2.40. The second-order valence-corrected chi connectivity index (χ2v) is 5.66. The van der Waals surface area contributed by atoms with Crippen molar-refractivity contribution in [3.8, 4) is 11.3 Å². The van der Waals surface area contributed by atoms with E-state index in [1.165, 1.54) is 30.5 Å². The fourth-order valence-corrected chi connectivity index (χ4v) is 3.31. The maximum absolute atomic E-state index is 6.39. The Morgan fingerprint density at radius 1 is 1.20 bits per heavy atom. The first kappa shape index (κ1) is 13.4. The van der Waals surface area contributed by atoms with E-state index in [2.05, 4.69) is 46.8 Å². The third-order valence-corrected chi connectivity index (χ3v) is 4.37. The molecule has 0 unspecified atom stereocenters. The molecule has 1 aliphatic carbocycles. The lowest BCUT2D eigenvalue weighted by atomic mass is 9.90. The molecule has 3 nitrogen and oxygen atoms in total. The van der Waals surface area contributed by atoms with Crippen molar-refractivity contribution in [3.63, 3.8) is 0 Å². The standard InChI is InChI=1S/C17H23N3/c1-2-17-19-12-16(13-8-4-3-5-9-13)20(17)15-11-7-6-10-14(15)18/h3-5,8-9,12,14-15H,2,6-7,10-11,18H2,1H3/t14-,15-/m0/s1. The molecule has 1 aromatic carbocycles. The SMILES string of the molecule is CCc1ncc(-c2ccccc2)n1[C@H]1CCCC[C@@H]1N. The Balaban J connectivity index is 2.06. The van der Waals surface area contributed by atoms with E-state index in [0.717, 1.165) is 18.7 Å². The highest BCUT2D eigenvalue weighted by atomic mass is 15.1. The van der Waals surface area contributed by atoms with Crippen molar-refractivity contribution in [1.29, 1.82) is 0 Å². The Kier molecular flexibility index (Phi) is 3.88. The topological polar surface area (TPSA) is 43.8 Å². The maximum Gasteiger partial charge on any atom is 0.109 e. The minimum atomic E-state index is 0.255. The summed E-state index contributed by atoms with van der Waals surface area (Å²) in [7, 11) is 0. The Labute approximate surface area is 120 Å². The molecule has 1 aromatic heterocycles. The molecule has 0 spiro atoms. The monoisotopic (exact) mass is 269 g/mol. The lowest BCUT2D eigenvalue weighted by Crippen LogP contribution is -2.36. The van der Waals surface area contributed by atoms with Gasteiger partial charge >= 0.3 is 0 Å². The number of aromatic nitrogens is 2. The molecule has 0 amide bonds. The molecule has 1 saturated carbocycles. The summed E-state index contributed by atoms with van der Waals surface area (Å²) >= 11 is 0. The summed E-state index contributed by atoms with van der Waals surface area (Å²) in [6.45, 7) is 2.17. The molecule has 2 atom stereocenters. The van der Waals surface area contributed by atoms with Gasteiger partial charge in [0, 0.05) is 12.5 Å². The summed E-state index contributed by atoms with van der Waals surface area (Å²) in [4.78, 5) is 4.63. The van der Waals surface area contributed by atoms with Crippen LogP contribution in [-0.2, 0) is 6.42 Å². The molecule has 3 heteroatoms. The average molecular weight is 269 g/mol. The highest BCUT2D eigenvalue weighted by molar-refractivity contribution is 5.59. The summed E-state index contributed by atoms with van der Waals surface area (Å²) in [6.07, 6.45) is 7.79. The molecule has 1 heterocycles. The van der Waals surface area contributed by atoms with Crippen LogP contribution >= 0.6 is 0 Å². The van der Waals surface area contributed by atoms with Crippen molar-refractivity contribution >= 4 is 0 Å².